The lowest BCUT2D eigenvalue weighted by Crippen LogP contribution is -2.13. The number of thiophene rings is 1. The molecule has 1 unspecified atom stereocenters. The van der Waals surface area contributed by atoms with E-state index in [0.717, 1.165) is 10.4 Å². The van der Waals surface area contributed by atoms with Gasteiger partial charge in [-0.15, -0.1) is 11.3 Å². The molecular formula is C13H10Cl2O2S. The van der Waals surface area contributed by atoms with Gasteiger partial charge in [0.1, 0.15) is 0 Å². The Morgan fingerprint density at radius 3 is 2.33 bits per heavy atom. The first-order valence-electron chi connectivity index (χ1n) is 5.29. The van der Waals surface area contributed by atoms with Crippen molar-refractivity contribution in [2.45, 2.75) is 12.3 Å². The second-order valence-electron chi connectivity index (χ2n) is 3.85. The Hall–Kier alpha value is -1.03. The quantitative estimate of drug-likeness (QED) is 0.905. The van der Waals surface area contributed by atoms with Crippen LogP contribution in [0.2, 0.25) is 9.36 Å². The number of carboxylic acid groups (broad SMARTS) is 1. The van der Waals surface area contributed by atoms with Crippen molar-refractivity contribution in [1.29, 1.82) is 0 Å². The number of hydrogen-bond acceptors (Lipinski definition) is 2. The number of rotatable bonds is 4. The standard InChI is InChI=1S/C13H10Cl2O2S/c14-9-3-1-8(2-4-9)11(13(16)17)7-10-5-6-12(15)18-10/h1-6,11H,7H2,(H,16,17). The van der Waals surface area contributed by atoms with E-state index in [1.165, 1.54) is 11.3 Å². The van der Waals surface area contributed by atoms with Crippen LogP contribution in [0.1, 0.15) is 16.4 Å². The van der Waals surface area contributed by atoms with Gasteiger partial charge in [0.15, 0.2) is 0 Å². The third-order valence-corrected chi connectivity index (χ3v) is 4.11. The molecule has 0 aliphatic carbocycles. The highest BCUT2D eigenvalue weighted by Crippen LogP contribution is 2.28. The maximum atomic E-state index is 11.3. The van der Waals surface area contributed by atoms with Crippen LogP contribution in [-0.2, 0) is 11.2 Å². The van der Waals surface area contributed by atoms with Crippen LogP contribution in [0.3, 0.4) is 0 Å². The van der Waals surface area contributed by atoms with Crippen LogP contribution < -0.4 is 0 Å². The van der Waals surface area contributed by atoms with Gasteiger partial charge in [-0.25, -0.2) is 0 Å². The lowest BCUT2D eigenvalue weighted by Gasteiger charge is -2.11. The van der Waals surface area contributed by atoms with E-state index in [0.29, 0.717) is 15.8 Å². The predicted octanol–water partition coefficient (Wildman–Crippen LogP) is 4.47. The Morgan fingerprint density at radius 1 is 1.17 bits per heavy atom. The van der Waals surface area contributed by atoms with Gasteiger partial charge in [0.2, 0.25) is 0 Å². The van der Waals surface area contributed by atoms with E-state index in [4.69, 9.17) is 23.2 Å². The maximum absolute atomic E-state index is 11.3. The average molecular weight is 301 g/mol. The highest BCUT2D eigenvalue weighted by molar-refractivity contribution is 7.16. The summed E-state index contributed by atoms with van der Waals surface area (Å²) in [4.78, 5) is 12.3. The SMILES string of the molecule is O=C(O)C(Cc1ccc(Cl)s1)c1ccc(Cl)cc1. The van der Waals surface area contributed by atoms with Crippen molar-refractivity contribution in [2.75, 3.05) is 0 Å². The van der Waals surface area contributed by atoms with Crippen molar-refractivity contribution in [3.63, 3.8) is 0 Å². The molecule has 0 amide bonds. The monoisotopic (exact) mass is 300 g/mol. The van der Waals surface area contributed by atoms with Gasteiger partial charge in [-0.05, 0) is 36.2 Å². The number of hydrogen-bond donors (Lipinski definition) is 1. The normalized spacial score (nSPS) is 12.3. The molecule has 1 aromatic carbocycles. The molecule has 1 aromatic heterocycles. The molecular weight excluding hydrogens is 291 g/mol. The minimum Gasteiger partial charge on any atom is -0.481 e. The van der Waals surface area contributed by atoms with Gasteiger partial charge >= 0.3 is 5.97 Å². The van der Waals surface area contributed by atoms with Crippen LogP contribution in [0.4, 0.5) is 0 Å². The Morgan fingerprint density at radius 2 is 1.83 bits per heavy atom. The fourth-order valence-electron chi connectivity index (χ4n) is 1.71. The second-order valence-corrected chi connectivity index (χ2v) is 6.09. The topological polar surface area (TPSA) is 37.3 Å². The van der Waals surface area contributed by atoms with Gasteiger partial charge in [-0.2, -0.15) is 0 Å². The van der Waals surface area contributed by atoms with E-state index < -0.39 is 11.9 Å². The van der Waals surface area contributed by atoms with Gasteiger partial charge in [-0.1, -0.05) is 35.3 Å². The van der Waals surface area contributed by atoms with Gasteiger partial charge in [0.25, 0.3) is 0 Å². The zero-order chi connectivity index (χ0) is 13.1. The predicted molar refractivity (Wildman–Crippen MR) is 74.9 cm³/mol. The molecule has 2 rings (SSSR count). The molecule has 1 N–H and O–H groups in total. The van der Waals surface area contributed by atoms with E-state index in [2.05, 4.69) is 0 Å². The van der Waals surface area contributed by atoms with Crippen molar-refractivity contribution in [3.8, 4) is 0 Å². The lowest BCUT2D eigenvalue weighted by molar-refractivity contribution is -0.138. The zero-order valence-electron chi connectivity index (χ0n) is 9.27. The van der Waals surface area contributed by atoms with Crippen LogP contribution in [0.15, 0.2) is 36.4 Å². The Bertz CT molecular complexity index is 548. The zero-order valence-corrected chi connectivity index (χ0v) is 11.6. The van der Waals surface area contributed by atoms with E-state index >= 15 is 0 Å². The van der Waals surface area contributed by atoms with Crippen LogP contribution in [0, 0.1) is 0 Å². The van der Waals surface area contributed by atoms with E-state index in [-0.39, 0.29) is 0 Å². The molecule has 1 atom stereocenters. The Labute approximate surface area is 119 Å². The van der Waals surface area contributed by atoms with Crippen molar-refractivity contribution in [2.24, 2.45) is 0 Å². The van der Waals surface area contributed by atoms with Crippen molar-refractivity contribution in [1.82, 2.24) is 0 Å². The third-order valence-electron chi connectivity index (χ3n) is 2.60. The summed E-state index contributed by atoms with van der Waals surface area (Å²) in [5, 5.41) is 9.90. The van der Waals surface area contributed by atoms with E-state index in [9.17, 15) is 9.90 Å². The molecule has 18 heavy (non-hydrogen) atoms. The number of aliphatic carboxylic acids is 1. The summed E-state index contributed by atoms with van der Waals surface area (Å²) in [6.07, 6.45) is 0.439. The molecule has 0 saturated heterocycles. The number of carboxylic acids is 1. The van der Waals surface area contributed by atoms with Crippen LogP contribution >= 0.6 is 34.5 Å². The number of carbonyl (C=O) groups is 1. The molecule has 1 heterocycles. The smallest absolute Gasteiger partial charge is 0.311 e. The summed E-state index contributed by atoms with van der Waals surface area (Å²) in [7, 11) is 0. The van der Waals surface area contributed by atoms with Crippen molar-refractivity contribution < 1.29 is 9.90 Å². The lowest BCUT2D eigenvalue weighted by atomic mass is 9.95. The Kier molecular flexibility index (Phi) is 4.27. The van der Waals surface area contributed by atoms with E-state index in [1.807, 2.05) is 6.07 Å². The van der Waals surface area contributed by atoms with Crippen LogP contribution in [0.25, 0.3) is 0 Å². The molecule has 0 saturated carbocycles. The summed E-state index contributed by atoms with van der Waals surface area (Å²) < 4.78 is 0.672. The van der Waals surface area contributed by atoms with Crippen LogP contribution in [0.5, 0.6) is 0 Å². The fourth-order valence-corrected chi connectivity index (χ4v) is 2.96. The maximum Gasteiger partial charge on any atom is 0.311 e. The van der Waals surface area contributed by atoms with Gasteiger partial charge in [0, 0.05) is 9.90 Å². The molecule has 0 fully saturated rings. The summed E-state index contributed by atoms with van der Waals surface area (Å²) >= 11 is 13.0. The molecule has 0 spiro atoms. The minimum atomic E-state index is -0.846. The van der Waals surface area contributed by atoms with Gasteiger partial charge in [0.05, 0.1) is 10.3 Å². The Balaban J connectivity index is 2.23. The van der Waals surface area contributed by atoms with Crippen molar-refractivity contribution in [3.05, 3.63) is 56.2 Å². The highest BCUT2D eigenvalue weighted by Gasteiger charge is 2.21. The second kappa shape index (κ2) is 5.74. The average Bonchev–Trinajstić information content (AvgIpc) is 2.73. The molecule has 2 aromatic rings. The molecule has 0 bridgehead atoms. The van der Waals surface area contributed by atoms with E-state index in [1.54, 1.807) is 30.3 Å². The molecule has 0 radical (unpaired) electrons. The number of benzene rings is 1. The summed E-state index contributed by atoms with van der Waals surface area (Å²) in [6, 6.07) is 10.5. The molecule has 2 nitrogen and oxygen atoms in total. The van der Waals surface area contributed by atoms with Crippen molar-refractivity contribution >= 4 is 40.5 Å². The number of halogens is 2. The molecule has 0 aliphatic heterocycles. The molecule has 5 heteroatoms. The fraction of sp³-hybridized carbons (Fsp3) is 0.154. The highest BCUT2D eigenvalue weighted by atomic mass is 35.5. The molecule has 0 aliphatic rings. The first kappa shape index (κ1) is 13.4. The third kappa shape index (κ3) is 3.25. The summed E-state index contributed by atoms with van der Waals surface area (Å²) in [6.45, 7) is 0. The van der Waals surface area contributed by atoms with Gasteiger partial charge in [-0.3, -0.25) is 4.79 Å². The minimum absolute atomic E-state index is 0.439. The van der Waals surface area contributed by atoms with Gasteiger partial charge < -0.3 is 5.11 Å². The first-order chi connectivity index (χ1) is 8.56. The summed E-state index contributed by atoms with van der Waals surface area (Å²) in [5.41, 5.74) is 0.747. The molecule has 94 valence electrons. The van der Waals surface area contributed by atoms with Crippen LogP contribution in [-0.4, -0.2) is 11.1 Å². The largest absolute Gasteiger partial charge is 0.481 e. The first-order valence-corrected chi connectivity index (χ1v) is 6.86. The summed E-state index contributed by atoms with van der Waals surface area (Å²) in [5.74, 6) is -1.42.